The van der Waals surface area contributed by atoms with Crippen LogP contribution in [-0.4, -0.2) is 33.4 Å². The van der Waals surface area contributed by atoms with Crippen molar-refractivity contribution in [2.24, 2.45) is 0 Å². The fraction of sp³-hybridized carbons (Fsp3) is 0.250. The van der Waals surface area contributed by atoms with Crippen molar-refractivity contribution < 1.29 is 19.2 Å². The summed E-state index contributed by atoms with van der Waals surface area (Å²) in [7, 11) is 0. The molecule has 0 saturated carbocycles. The van der Waals surface area contributed by atoms with Gasteiger partial charge in [-0.15, -0.1) is 0 Å². The third-order valence-electron chi connectivity index (χ3n) is 4.66. The maximum atomic E-state index is 12.9. The van der Waals surface area contributed by atoms with Gasteiger partial charge in [0.1, 0.15) is 5.02 Å². The van der Waals surface area contributed by atoms with Gasteiger partial charge in [0.05, 0.1) is 29.7 Å². The second kappa shape index (κ2) is 8.91. The number of pyridine rings is 1. The first-order valence-corrected chi connectivity index (χ1v) is 9.50. The number of nitrogens with zero attached hydrogens (tertiary/aromatic N) is 3. The third-order valence-corrected chi connectivity index (χ3v) is 4.97. The summed E-state index contributed by atoms with van der Waals surface area (Å²) in [6.07, 6.45) is 3.25. The Labute approximate surface area is 177 Å². The van der Waals surface area contributed by atoms with E-state index in [1.165, 1.54) is 23.1 Å². The van der Waals surface area contributed by atoms with Crippen LogP contribution in [0.1, 0.15) is 31.0 Å². The van der Waals surface area contributed by atoms with Crippen LogP contribution in [0.2, 0.25) is 5.02 Å². The van der Waals surface area contributed by atoms with Crippen LogP contribution in [-0.2, 0) is 16.1 Å². The van der Waals surface area contributed by atoms with Gasteiger partial charge < -0.3 is 10.1 Å². The molecule has 1 N–H and O–H groups in total. The zero-order valence-electron chi connectivity index (χ0n) is 16.3. The lowest BCUT2D eigenvalue weighted by Gasteiger charge is -2.35. The number of ether oxygens (including phenoxy) is 1. The van der Waals surface area contributed by atoms with Crippen molar-refractivity contribution in [3.63, 3.8) is 0 Å². The van der Waals surface area contributed by atoms with Crippen molar-refractivity contribution in [1.82, 2.24) is 15.2 Å². The molecular weight excluding hydrogens is 412 g/mol. The fourth-order valence-corrected chi connectivity index (χ4v) is 3.40. The van der Waals surface area contributed by atoms with Gasteiger partial charge in [-0.3, -0.25) is 20.0 Å². The topological polar surface area (TPSA) is 115 Å². The van der Waals surface area contributed by atoms with Gasteiger partial charge in [-0.05, 0) is 37.1 Å². The lowest BCUT2D eigenvalue weighted by atomic mass is 9.94. The SMILES string of the molecule is CCOC(=O)C1=C(C)N(Cc2cccnc2)C(=O)N[C@@H]1c1ccc(Cl)c([N+](=O)[O-])c1. The number of aromatic nitrogens is 1. The Hall–Kier alpha value is -3.46. The highest BCUT2D eigenvalue weighted by Gasteiger charge is 2.37. The summed E-state index contributed by atoms with van der Waals surface area (Å²) in [5.74, 6) is -0.617. The number of carbonyl (C=O) groups is 2. The summed E-state index contributed by atoms with van der Waals surface area (Å²) >= 11 is 5.90. The lowest BCUT2D eigenvalue weighted by Crippen LogP contribution is -2.47. The van der Waals surface area contributed by atoms with Crippen molar-refractivity contribution in [3.05, 3.63) is 80.3 Å². The third kappa shape index (κ3) is 4.25. The molecule has 0 radical (unpaired) electrons. The van der Waals surface area contributed by atoms with Crippen LogP contribution in [0.3, 0.4) is 0 Å². The van der Waals surface area contributed by atoms with Crippen molar-refractivity contribution in [1.29, 1.82) is 0 Å². The van der Waals surface area contributed by atoms with Crippen LogP contribution in [0, 0.1) is 10.1 Å². The highest BCUT2D eigenvalue weighted by atomic mass is 35.5. The van der Waals surface area contributed by atoms with Crippen LogP contribution in [0.5, 0.6) is 0 Å². The molecule has 0 aliphatic carbocycles. The number of nitrogens with one attached hydrogen (secondary N) is 1. The number of nitro groups is 1. The molecule has 0 fully saturated rings. The Morgan fingerprint density at radius 3 is 2.80 bits per heavy atom. The molecule has 1 aromatic carbocycles. The second-order valence-corrected chi connectivity index (χ2v) is 6.92. The first-order chi connectivity index (χ1) is 14.3. The van der Waals surface area contributed by atoms with Crippen LogP contribution in [0.15, 0.2) is 54.0 Å². The Kier molecular flexibility index (Phi) is 6.31. The zero-order valence-corrected chi connectivity index (χ0v) is 17.0. The minimum Gasteiger partial charge on any atom is -0.463 e. The number of carbonyl (C=O) groups excluding carboxylic acids is 2. The van der Waals surface area contributed by atoms with Gasteiger partial charge in [0.25, 0.3) is 5.69 Å². The summed E-state index contributed by atoms with van der Waals surface area (Å²) in [5.41, 5.74) is 1.39. The molecule has 1 aliphatic rings. The predicted octanol–water partition coefficient (Wildman–Crippen LogP) is 3.75. The van der Waals surface area contributed by atoms with E-state index >= 15 is 0 Å². The first kappa shape index (κ1) is 21.3. The number of hydrogen-bond donors (Lipinski definition) is 1. The van der Waals surface area contributed by atoms with Crippen molar-refractivity contribution >= 4 is 29.3 Å². The number of allylic oxidation sites excluding steroid dienone is 1. The highest BCUT2D eigenvalue weighted by molar-refractivity contribution is 6.32. The maximum absolute atomic E-state index is 12.9. The van der Waals surface area contributed by atoms with Gasteiger partial charge in [-0.25, -0.2) is 9.59 Å². The standard InChI is InChI=1S/C20H19ClN4O5/c1-3-30-19(26)17-12(2)24(11-13-5-4-8-22-10-13)20(27)23-18(17)14-6-7-15(21)16(9-14)25(28)29/h4-10,18H,3,11H2,1-2H3,(H,23,27)/t18-/m1/s1. The minimum absolute atomic E-state index is 0.0394. The van der Waals surface area contributed by atoms with Crippen LogP contribution < -0.4 is 5.32 Å². The number of halogens is 1. The molecule has 0 bridgehead atoms. The van der Waals surface area contributed by atoms with E-state index in [0.717, 1.165) is 5.56 Å². The van der Waals surface area contributed by atoms with E-state index < -0.39 is 23.0 Å². The monoisotopic (exact) mass is 430 g/mol. The average molecular weight is 431 g/mol. The number of rotatable bonds is 6. The first-order valence-electron chi connectivity index (χ1n) is 9.12. The Morgan fingerprint density at radius 2 is 2.17 bits per heavy atom. The summed E-state index contributed by atoms with van der Waals surface area (Å²) in [4.78, 5) is 41.7. The van der Waals surface area contributed by atoms with E-state index in [4.69, 9.17) is 16.3 Å². The molecule has 0 spiro atoms. The smallest absolute Gasteiger partial charge is 0.338 e. The van der Waals surface area contributed by atoms with E-state index in [1.54, 1.807) is 32.3 Å². The van der Waals surface area contributed by atoms with Gasteiger partial charge in [0.15, 0.2) is 0 Å². The van der Waals surface area contributed by atoms with E-state index in [1.807, 2.05) is 6.07 Å². The van der Waals surface area contributed by atoms with E-state index in [9.17, 15) is 19.7 Å². The normalized spacial score (nSPS) is 16.3. The summed E-state index contributed by atoms with van der Waals surface area (Å²) in [6.45, 7) is 3.64. The van der Waals surface area contributed by atoms with Gasteiger partial charge in [-0.2, -0.15) is 0 Å². The van der Waals surface area contributed by atoms with Crippen molar-refractivity contribution in [3.8, 4) is 0 Å². The molecule has 1 atom stereocenters. The largest absolute Gasteiger partial charge is 0.463 e. The molecule has 9 nitrogen and oxygen atoms in total. The number of hydrogen-bond acceptors (Lipinski definition) is 6. The van der Waals surface area contributed by atoms with E-state index in [-0.39, 0.29) is 29.4 Å². The van der Waals surface area contributed by atoms with Crippen LogP contribution in [0.4, 0.5) is 10.5 Å². The molecular formula is C20H19ClN4O5. The summed E-state index contributed by atoms with van der Waals surface area (Å²) < 4.78 is 5.19. The number of urea groups is 1. The molecule has 2 heterocycles. The number of benzene rings is 1. The maximum Gasteiger partial charge on any atom is 0.338 e. The molecule has 0 saturated heterocycles. The number of esters is 1. The zero-order chi connectivity index (χ0) is 21.8. The van der Waals surface area contributed by atoms with Crippen molar-refractivity contribution in [2.75, 3.05) is 6.61 Å². The fourth-order valence-electron chi connectivity index (χ4n) is 3.22. The lowest BCUT2D eigenvalue weighted by molar-refractivity contribution is -0.384. The molecule has 2 aromatic rings. The van der Waals surface area contributed by atoms with Gasteiger partial charge >= 0.3 is 12.0 Å². The van der Waals surface area contributed by atoms with Gasteiger partial charge in [0, 0.05) is 24.2 Å². The summed E-state index contributed by atoms with van der Waals surface area (Å²) in [6, 6.07) is 6.33. The molecule has 30 heavy (non-hydrogen) atoms. The number of nitro benzene ring substituents is 1. The highest BCUT2D eigenvalue weighted by Crippen LogP contribution is 2.35. The van der Waals surface area contributed by atoms with Crippen molar-refractivity contribution in [2.45, 2.75) is 26.4 Å². The van der Waals surface area contributed by atoms with Crippen LogP contribution >= 0.6 is 11.6 Å². The molecule has 0 unspecified atom stereocenters. The Bertz CT molecular complexity index is 1030. The van der Waals surface area contributed by atoms with Gasteiger partial charge in [-0.1, -0.05) is 23.7 Å². The van der Waals surface area contributed by atoms with E-state index in [2.05, 4.69) is 10.3 Å². The van der Waals surface area contributed by atoms with E-state index in [0.29, 0.717) is 11.3 Å². The van der Waals surface area contributed by atoms with Crippen LogP contribution in [0.25, 0.3) is 0 Å². The Morgan fingerprint density at radius 1 is 1.40 bits per heavy atom. The minimum atomic E-state index is -0.919. The average Bonchev–Trinajstić information content (AvgIpc) is 2.71. The second-order valence-electron chi connectivity index (χ2n) is 6.52. The Balaban J connectivity index is 2.07. The number of amides is 2. The summed E-state index contributed by atoms with van der Waals surface area (Å²) in [5, 5.41) is 14.0. The van der Waals surface area contributed by atoms with Gasteiger partial charge in [0.2, 0.25) is 0 Å². The molecule has 156 valence electrons. The molecule has 2 amide bonds. The predicted molar refractivity (Wildman–Crippen MR) is 108 cm³/mol. The molecule has 3 rings (SSSR count). The molecule has 1 aromatic heterocycles. The molecule has 10 heteroatoms. The molecule has 1 aliphatic heterocycles. The quantitative estimate of drug-likeness (QED) is 0.424.